The third kappa shape index (κ3) is 3.65. The van der Waals surface area contributed by atoms with Crippen LogP contribution in [0.1, 0.15) is 12.5 Å². The first-order valence-corrected chi connectivity index (χ1v) is 5.12. The third-order valence-corrected chi connectivity index (χ3v) is 1.95. The molecule has 86 valence electrons. The number of hydrogen-bond acceptors (Lipinski definition) is 2. The zero-order valence-electron chi connectivity index (χ0n) is 9.49. The van der Waals surface area contributed by atoms with Gasteiger partial charge in [-0.2, -0.15) is 0 Å². The Morgan fingerprint density at radius 3 is 2.88 bits per heavy atom. The minimum atomic E-state index is -0.214. The standard InChI is InChI=1S/C12H16N2O2/c1-3-13-12(15)14-9-8-10-6-4-5-7-11(10)16-2/h4-9H,3H2,1-2H3,(H2,13,14,15)/b9-8+. The number of ether oxygens (including phenoxy) is 1. The van der Waals surface area contributed by atoms with E-state index < -0.39 is 0 Å². The maximum Gasteiger partial charge on any atom is 0.318 e. The molecule has 1 rings (SSSR count). The van der Waals surface area contributed by atoms with Gasteiger partial charge in [0.2, 0.25) is 0 Å². The van der Waals surface area contributed by atoms with E-state index in [0.717, 1.165) is 11.3 Å². The number of methoxy groups -OCH3 is 1. The average molecular weight is 220 g/mol. The molecule has 0 aliphatic heterocycles. The van der Waals surface area contributed by atoms with Crippen molar-refractivity contribution in [1.82, 2.24) is 10.6 Å². The van der Waals surface area contributed by atoms with E-state index in [4.69, 9.17) is 4.74 Å². The maximum atomic E-state index is 11.1. The average Bonchev–Trinajstić information content (AvgIpc) is 2.30. The number of urea groups is 1. The minimum Gasteiger partial charge on any atom is -0.496 e. The van der Waals surface area contributed by atoms with Crippen molar-refractivity contribution in [1.29, 1.82) is 0 Å². The van der Waals surface area contributed by atoms with Crippen molar-refractivity contribution in [2.24, 2.45) is 0 Å². The third-order valence-electron chi connectivity index (χ3n) is 1.95. The molecule has 0 unspecified atom stereocenters. The van der Waals surface area contributed by atoms with Crippen LogP contribution >= 0.6 is 0 Å². The molecule has 16 heavy (non-hydrogen) atoms. The fourth-order valence-electron chi connectivity index (χ4n) is 1.22. The summed E-state index contributed by atoms with van der Waals surface area (Å²) < 4.78 is 5.17. The van der Waals surface area contributed by atoms with E-state index in [-0.39, 0.29) is 6.03 Å². The Morgan fingerprint density at radius 1 is 1.44 bits per heavy atom. The maximum absolute atomic E-state index is 11.1. The lowest BCUT2D eigenvalue weighted by atomic mass is 10.2. The van der Waals surface area contributed by atoms with Gasteiger partial charge >= 0.3 is 6.03 Å². The molecule has 0 bridgehead atoms. The molecule has 0 aliphatic rings. The predicted octanol–water partition coefficient (Wildman–Crippen LogP) is 1.99. The zero-order chi connectivity index (χ0) is 11.8. The molecule has 0 heterocycles. The molecule has 1 aromatic carbocycles. The van der Waals surface area contributed by atoms with Gasteiger partial charge in [-0.15, -0.1) is 0 Å². The van der Waals surface area contributed by atoms with Crippen LogP contribution in [0.2, 0.25) is 0 Å². The summed E-state index contributed by atoms with van der Waals surface area (Å²) in [5.41, 5.74) is 0.918. The Bertz CT molecular complexity index is 375. The van der Waals surface area contributed by atoms with Crippen molar-refractivity contribution in [3.63, 3.8) is 0 Å². The van der Waals surface area contributed by atoms with Gasteiger partial charge < -0.3 is 15.4 Å². The molecule has 2 N–H and O–H groups in total. The second kappa shape index (κ2) is 6.50. The summed E-state index contributed by atoms with van der Waals surface area (Å²) in [6.45, 7) is 2.47. The molecule has 2 amide bonds. The van der Waals surface area contributed by atoms with Gasteiger partial charge in [0.15, 0.2) is 0 Å². The number of hydrogen-bond donors (Lipinski definition) is 2. The molecule has 0 spiro atoms. The highest BCUT2D eigenvalue weighted by molar-refractivity contribution is 5.76. The summed E-state index contributed by atoms with van der Waals surface area (Å²) in [6.07, 6.45) is 3.37. The lowest BCUT2D eigenvalue weighted by Crippen LogP contribution is -2.31. The van der Waals surface area contributed by atoms with Crippen LogP contribution in [0, 0.1) is 0 Å². The molecule has 0 aromatic heterocycles. The van der Waals surface area contributed by atoms with Gasteiger partial charge in [-0.1, -0.05) is 18.2 Å². The van der Waals surface area contributed by atoms with Gasteiger partial charge in [0.1, 0.15) is 5.75 Å². The fraction of sp³-hybridized carbons (Fsp3) is 0.250. The SMILES string of the molecule is CCNC(=O)N/C=C/c1ccccc1OC. The highest BCUT2D eigenvalue weighted by Gasteiger charge is 1.97. The first kappa shape index (κ1) is 12.1. The summed E-state index contributed by atoms with van der Waals surface area (Å²) in [5.74, 6) is 0.774. The second-order valence-electron chi connectivity index (χ2n) is 3.08. The van der Waals surface area contributed by atoms with Crippen molar-refractivity contribution >= 4 is 12.1 Å². The van der Waals surface area contributed by atoms with Crippen LogP contribution in [-0.4, -0.2) is 19.7 Å². The van der Waals surface area contributed by atoms with Crippen LogP contribution in [0.15, 0.2) is 30.5 Å². The molecule has 0 saturated heterocycles. The second-order valence-corrected chi connectivity index (χ2v) is 3.08. The van der Waals surface area contributed by atoms with E-state index in [1.807, 2.05) is 31.2 Å². The summed E-state index contributed by atoms with van der Waals surface area (Å²) in [7, 11) is 1.61. The molecule has 4 heteroatoms. The van der Waals surface area contributed by atoms with Crippen LogP contribution in [0.3, 0.4) is 0 Å². The van der Waals surface area contributed by atoms with E-state index in [9.17, 15) is 4.79 Å². The van der Waals surface area contributed by atoms with Crippen LogP contribution in [-0.2, 0) is 0 Å². The van der Waals surface area contributed by atoms with E-state index in [0.29, 0.717) is 6.54 Å². The minimum absolute atomic E-state index is 0.214. The normalized spacial score (nSPS) is 10.1. The summed E-state index contributed by atoms with van der Waals surface area (Å²) in [6, 6.07) is 7.37. The number of amides is 2. The number of carbonyl (C=O) groups excluding carboxylic acids is 1. The van der Waals surface area contributed by atoms with Gasteiger partial charge in [0, 0.05) is 18.3 Å². The smallest absolute Gasteiger partial charge is 0.318 e. The molecule has 4 nitrogen and oxygen atoms in total. The van der Waals surface area contributed by atoms with Crippen LogP contribution in [0.5, 0.6) is 5.75 Å². The van der Waals surface area contributed by atoms with Crippen molar-refractivity contribution in [3.8, 4) is 5.75 Å². The van der Waals surface area contributed by atoms with Crippen LogP contribution in [0.25, 0.3) is 6.08 Å². The Labute approximate surface area is 95.3 Å². The van der Waals surface area contributed by atoms with E-state index >= 15 is 0 Å². The van der Waals surface area contributed by atoms with Gasteiger partial charge in [-0.25, -0.2) is 4.79 Å². The molecule has 0 aliphatic carbocycles. The highest BCUT2D eigenvalue weighted by Crippen LogP contribution is 2.17. The number of rotatable bonds is 4. The Balaban J connectivity index is 2.58. The number of nitrogens with one attached hydrogen (secondary N) is 2. The first-order chi connectivity index (χ1) is 7.77. The van der Waals surface area contributed by atoms with Crippen molar-refractivity contribution in [2.45, 2.75) is 6.92 Å². The van der Waals surface area contributed by atoms with Crippen molar-refractivity contribution < 1.29 is 9.53 Å². The number of benzene rings is 1. The lowest BCUT2D eigenvalue weighted by molar-refractivity contribution is 0.244. The highest BCUT2D eigenvalue weighted by atomic mass is 16.5. The number of para-hydroxylation sites is 1. The summed E-state index contributed by atoms with van der Waals surface area (Å²) in [4.78, 5) is 11.1. The topological polar surface area (TPSA) is 50.4 Å². The Morgan fingerprint density at radius 2 is 2.19 bits per heavy atom. The molecule has 1 aromatic rings. The van der Waals surface area contributed by atoms with Crippen molar-refractivity contribution in [2.75, 3.05) is 13.7 Å². The molecule has 0 fully saturated rings. The molecular weight excluding hydrogens is 204 g/mol. The molecular formula is C12H16N2O2. The molecule has 0 saturated carbocycles. The van der Waals surface area contributed by atoms with E-state index in [1.165, 1.54) is 0 Å². The fourth-order valence-corrected chi connectivity index (χ4v) is 1.22. The molecule has 0 atom stereocenters. The van der Waals surface area contributed by atoms with Gasteiger partial charge in [-0.3, -0.25) is 0 Å². The van der Waals surface area contributed by atoms with E-state index in [2.05, 4.69) is 10.6 Å². The quantitative estimate of drug-likeness (QED) is 0.815. The van der Waals surface area contributed by atoms with Gasteiger partial charge in [-0.05, 0) is 19.1 Å². The number of carbonyl (C=O) groups is 1. The molecule has 0 radical (unpaired) electrons. The van der Waals surface area contributed by atoms with Crippen LogP contribution in [0.4, 0.5) is 4.79 Å². The largest absolute Gasteiger partial charge is 0.496 e. The zero-order valence-corrected chi connectivity index (χ0v) is 9.49. The predicted molar refractivity (Wildman–Crippen MR) is 64.2 cm³/mol. The van der Waals surface area contributed by atoms with Crippen molar-refractivity contribution in [3.05, 3.63) is 36.0 Å². The van der Waals surface area contributed by atoms with Gasteiger partial charge in [0.25, 0.3) is 0 Å². The monoisotopic (exact) mass is 220 g/mol. The first-order valence-electron chi connectivity index (χ1n) is 5.12. The van der Waals surface area contributed by atoms with Crippen LogP contribution < -0.4 is 15.4 Å². The summed E-state index contributed by atoms with van der Waals surface area (Å²) in [5, 5.41) is 5.23. The Hall–Kier alpha value is -1.97. The van der Waals surface area contributed by atoms with E-state index in [1.54, 1.807) is 19.4 Å². The Kier molecular flexibility index (Phi) is 4.92. The van der Waals surface area contributed by atoms with Gasteiger partial charge in [0.05, 0.1) is 7.11 Å². The summed E-state index contributed by atoms with van der Waals surface area (Å²) >= 11 is 0. The lowest BCUT2D eigenvalue weighted by Gasteiger charge is -2.04.